The smallest absolute Gasteiger partial charge is 0.275 e. The Morgan fingerprint density at radius 2 is 2.04 bits per heavy atom. The van der Waals surface area contributed by atoms with Gasteiger partial charge in [-0.25, -0.2) is 0 Å². The van der Waals surface area contributed by atoms with E-state index in [1.807, 2.05) is 40.9 Å². The third-order valence-electron chi connectivity index (χ3n) is 4.30. The maximum Gasteiger partial charge on any atom is 0.275 e. The summed E-state index contributed by atoms with van der Waals surface area (Å²) in [5, 5.41) is 9.75. The topological polar surface area (TPSA) is 64.6 Å². The van der Waals surface area contributed by atoms with Crippen molar-refractivity contribution in [2.24, 2.45) is 4.99 Å². The van der Waals surface area contributed by atoms with E-state index >= 15 is 0 Å². The molecular formula is C16H19N5OS. The SMILES string of the molecule is C[C@H]1CN=C(N2CCN(C(=O)c3n[nH]c4ccccc34)CC2)S1. The maximum absolute atomic E-state index is 12.7. The molecule has 120 valence electrons. The fourth-order valence-corrected chi connectivity index (χ4v) is 4.00. The van der Waals surface area contributed by atoms with Gasteiger partial charge in [0.15, 0.2) is 10.9 Å². The van der Waals surface area contributed by atoms with Crippen LogP contribution in [0.4, 0.5) is 0 Å². The molecule has 23 heavy (non-hydrogen) atoms. The number of thioether (sulfide) groups is 1. The molecule has 1 aromatic heterocycles. The third kappa shape index (κ3) is 2.69. The van der Waals surface area contributed by atoms with Crippen molar-refractivity contribution in [1.29, 1.82) is 0 Å². The molecule has 1 amide bonds. The molecule has 1 atom stereocenters. The van der Waals surface area contributed by atoms with E-state index in [0.29, 0.717) is 24.0 Å². The Labute approximate surface area is 138 Å². The number of fused-ring (bicyclic) bond motifs is 1. The number of aromatic amines is 1. The number of amides is 1. The van der Waals surface area contributed by atoms with E-state index in [0.717, 1.165) is 35.7 Å². The number of carbonyl (C=O) groups excluding carboxylic acids is 1. The monoisotopic (exact) mass is 329 g/mol. The van der Waals surface area contributed by atoms with Crippen LogP contribution in [0.25, 0.3) is 10.9 Å². The van der Waals surface area contributed by atoms with E-state index in [2.05, 4.69) is 27.0 Å². The van der Waals surface area contributed by atoms with E-state index in [-0.39, 0.29) is 5.91 Å². The summed E-state index contributed by atoms with van der Waals surface area (Å²) in [5.74, 6) is 0.0106. The highest BCUT2D eigenvalue weighted by Crippen LogP contribution is 2.24. The molecule has 0 radical (unpaired) electrons. The van der Waals surface area contributed by atoms with Gasteiger partial charge in [0, 0.05) is 36.8 Å². The lowest BCUT2D eigenvalue weighted by Gasteiger charge is -2.35. The second kappa shape index (κ2) is 5.88. The van der Waals surface area contributed by atoms with Crippen LogP contribution < -0.4 is 0 Å². The Balaban J connectivity index is 1.45. The number of aliphatic imine (C=N–C) groups is 1. The highest BCUT2D eigenvalue weighted by Gasteiger charge is 2.28. The predicted molar refractivity (Wildman–Crippen MR) is 92.9 cm³/mol. The third-order valence-corrected chi connectivity index (χ3v) is 5.45. The second-order valence-corrected chi connectivity index (χ2v) is 7.35. The number of amidine groups is 1. The number of H-pyrrole nitrogens is 1. The van der Waals surface area contributed by atoms with Crippen LogP contribution in [-0.2, 0) is 0 Å². The molecule has 2 aliphatic heterocycles. The molecular weight excluding hydrogens is 310 g/mol. The number of carbonyl (C=O) groups is 1. The summed E-state index contributed by atoms with van der Waals surface area (Å²) in [6.07, 6.45) is 0. The van der Waals surface area contributed by atoms with Crippen molar-refractivity contribution in [2.45, 2.75) is 12.2 Å². The minimum atomic E-state index is 0.0106. The van der Waals surface area contributed by atoms with Gasteiger partial charge in [-0.3, -0.25) is 14.9 Å². The number of hydrogen-bond acceptors (Lipinski definition) is 5. The molecule has 0 bridgehead atoms. The van der Waals surface area contributed by atoms with E-state index < -0.39 is 0 Å². The number of para-hydroxylation sites is 1. The lowest BCUT2D eigenvalue weighted by Crippen LogP contribution is -2.50. The van der Waals surface area contributed by atoms with Crippen molar-refractivity contribution in [2.75, 3.05) is 32.7 Å². The van der Waals surface area contributed by atoms with Crippen molar-refractivity contribution in [3.63, 3.8) is 0 Å². The summed E-state index contributed by atoms with van der Waals surface area (Å²) < 4.78 is 0. The van der Waals surface area contributed by atoms with E-state index in [9.17, 15) is 4.79 Å². The lowest BCUT2D eigenvalue weighted by molar-refractivity contribution is 0.0689. The van der Waals surface area contributed by atoms with Crippen LogP contribution in [-0.4, -0.2) is 69.0 Å². The van der Waals surface area contributed by atoms with Gasteiger partial charge in [-0.05, 0) is 6.07 Å². The van der Waals surface area contributed by atoms with Crippen LogP contribution >= 0.6 is 11.8 Å². The molecule has 0 spiro atoms. The Bertz CT molecular complexity index is 763. The first-order chi connectivity index (χ1) is 11.2. The molecule has 0 aliphatic carbocycles. The fraction of sp³-hybridized carbons (Fsp3) is 0.438. The van der Waals surface area contributed by atoms with E-state index in [1.54, 1.807) is 0 Å². The Morgan fingerprint density at radius 3 is 2.78 bits per heavy atom. The Hall–Kier alpha value is -2.02. The van der Waals surface area contributed by atoms with Gasteiger partial charge in [0.25, 0.3) is 5.91 Å². The summed E-state index contributed by atoms with van der Waals surface area (Å²) >= 11 is 1.84. The highest BCUT2D eigenvalue weighted by atomic mass is 32.2. The maximum atomic E-state index is 12.7. The summed E-state index contributed by atoms with van der Waals surface area (Å²) in [7, 11) is 0. The van der Waals surface area contributed by atoms with Crippen molar-refractivity contribution in [3.8, 4) is 0 Å². The van der Waals surface area contributed by atoms with Gasteiger partial charge in [-0.15, -0.1) is 0 Å². The standard InChI is InChI=1S/C16H19N5OS/c1-11-10-17-16(23-11)21-8-6-20(7-9-21)15(22)14-12-4-2-3-5-13(12)18-19-14/h2-5,11H,6-10H2,1H3,(H,18,19)/t11-/m0/s1. The predicted octanol–water partition coefficient (Wildman–Crippen LogP) is 1.81. The normalized spacial score (nSPS) is 21.8. The molecule has 6 nitrogen and oxygen atoms in total. The minimum Gasteiger partial charge on any atom is -0.348 e. The Kier molecular flexibility index (Phi) is 3.72. The van der Waals surface area contributed by atoms with Crippen LogP contribution in [0.5, 0.6) is 0 Å². The number of nitrogens with one attached hydrogen (secondary N) is 1. The van der Waals surface area contributed by atoms with Gasteiger partial charge in [-0.1, -0.05) is 36.9 Å². The molecule has 1 saturated heterocycles. The first-order valence-corrected chi connectivity index (χ1v) is 8.79. The first-order valence-electron chi connectivity index (χ1n) is 7.91. The second-order valence-electron chi connectivity index (χ2n) is 5.95. The van der Waals surface area contributed by atoms with Gasteiger partial charge in [0.1, 0.15) is 0 Å². The highest BCUT2D eigenvalue weighted by molar-refractivity contribution is 8.14. The Morgan fingerprint density at radius 1 is 1.26 bits per heavy atom. The molecule has 1 fully saturated rings. The summed E-state index contributed by atoms with van der Waals surface area (Å²) in [6, 6.07) is 7.75. The number of piperazine rings is 1. The zero-order valence-corrected chi connectivity index (χ0v) is 13.8. The molecule has 7 heteroatoms. The summed E-state index contributed by atoms with van der Waals surface area (Å²) in [6.45, 7) is 6.21. The van der Waals surface area contributed by atoms with Crippen LogP contribution in [0.2, 0.25) is 0 Å². The zero-order valence-electron chi connectivity index (χ0n) is 13.0. The van der Waals surface area contributed by atoms with Crippen LogP contribution in [0.1, 0.15) is 17.4 Å². The lowest BCUT2D eigenvalue weighted by atomic mass is 10.2. The van der Waals surface area contributed by atoms with Gasteiger partial charge in [-0.2, -0.15) is 5.10 Å². The molecule has 0 unspecified atom stereocenters. The molecule has 0 saturated carbocycles. The van der Waals surface area contributed by atoms with Crippen LogP contribution in [0.15, 0.2) is 29.3 Å². The molecule has 2 aromatic rings. The first kappa shape index (κ1) is 14.6. The number of benzene rings is 1. The van der Waals surface area contributed by atoms with Gasteiger partial charge >= 0.3 is 0 Å². The number of nitrogens with zero attached hydrogens (tertiary/aromatic N) is 4. The van der Waals surface area contributed by atoms with Gasteiger partial charge in [0.05, 0.1) is 12.1 Å². The van der Waals surface area contributed by atoms with Crippen molar-refractivity contribution < 1.29 is 4.79 Å². The fourth-order valence-electron chi connectivity index (χ4n) is 3.01. The number of aromatic nitrogens is 2. The largest absolute Gasteiger partial charge is 0.348 e. The van der Waals surface area contributed by atoms with Gasteiger partial charge in [0.2, 0.25) is 0 Å². The molecule has 3 heterocycles. The quantitative estimate of drug-likeness (QED) is 0.867. The number of rotatable bonds is 1. The molecule has 1 aromatic carbocycles. The van der Waals surface area contributed by atoms with Crippen molar-refractivity contribution in [1.82, 2.24) is 20.0 Å². The van der Waals surface area contributed by atoms with E-state index in [4.69, 9.17) is 0 Å². The number of hydrogen-bond donors (Lipinski definition) is 1. The average molecular weight is 329 g/mol. The van der Waals surface area contributed by atoms with Crippen molar-refractivity contribution >= 4 is 33.7 Å². The average Bonchev–Trinajstić information content (AvgIpc) is 3.21. The van der Waals surface area contributed by atoms with Crippen LogP contribution in [0.3, 0.4) is 0 Å². The summed E-state index contributed by atoms with van der Waals surface area (Å²) in [4.78, 5) is 21.5. The van der Waals surface area contributed by atoms with Crippen molar-refractivity contribution in [3.05, 3.63) is 30.0 Å². The van der Waals surface area contributed by atoms with Crippen LogP contribution in [0, 0.1) is 0 Å². The zero-order chi connectivity index (χ0) is 15.8. The van der Waals surface area contributed by atoms with Gasteiger partial charge < -0.3 is 9.80 Å². The molecule has 4 rings (SSSR count). The summed E-state index contributed by atoms with van der Waals surface area (Å²) in [5.41, 5.74) is 1.43. The molecule has 2 aliphatic rings. The van der Waals surface area contributed by atoms with E-state index in [1.165, 1.54) is 0 Å². The minimum absolute atomic E-state index is 0.0106. The molecule has 1 N–H and O–H groups in total.